The van der Waals surface area contributed by atoms with Crippen molar-refractivity contribution in [3.63, 3.8) is 0 Å². The zero-order valence-corrected chi connectivity index (χ0v) is 11.4. The standard InChI is InChI=1S/C14H17NO5/c1-14(2)12(16)15(8-10-6-4-3-5-7-10)11(9-19-14)20-13(17)18/h3-7,11H,8-9H2,1-2H3,(H,17,18). The number of hydrogen-bond donors (Lipinski definition) is 1. The number of ether oxygens (including phenoxy) is 2. The molecule has 0 aliphatic carbocycles. The summed E-state index contributed by atoms with van der Waals surface area (Å²) in [7, 11) is 0. The lowest BCUT2D eigenvalue weighted by Gasteiger charge is -2.41. The van der Waals surface area contributed by atoms with Crippen LogP contribution in [0.1, 0.15) is 19.4 Å². The quantitative estimate of drug-likeness (QED) is 0.854. The Morgan fingerprint density at radius 2 is 2.10 bits per heavy atom. The average Bonchev–Trinajstić information content (AvgIpc) is 2.39. The van der Waals surface area contributed by atoms with E-state index in [1.165, 1.54) is 4.90 Å². The van der Waals surface area contributed by atoms with Crippen LogP contribution in [0.3, 0.4) is 0 Å². The topological polar surface area (TPSA) is 76.1 Å². The molecule has 0 bridgehead atoms. The molecule has 1 fully saturated rings. The summed E-state index contributed by atoms with van der Waals surface area (Å²) < 4.78 is 10.1. The highest BCUT2D eigenvalue weighted by molar-refractivity contribution is 5.85. The van der Waals surface area contributed by atoms with E-state index in [4.69, 9.17) is 14.6 Å². The molecule has 6 heteroatoms. The number of carbonyl (C=O) groups excluding carboxylic acids is 1. The van der Waals surface area contributed by atoms with Gasteiger partial charge in [0.05, 0.1) is 0 Å². The van der Waals surface area contributed by atoms with Crippen molar-refractivity contribution in [2.45, 2.75) is 32.2 Å². The molecule has 0 radical (unpaired) electrons. The SMILES string of the molecule is CC1(C)OCC(OC(=O)O)N(Cc2ccccc2)C1=O. The fourth-order valence-electron chi connectivity index (χ4n) is 2.08. The summed E-state index contributed by atoms with van der Waals surface area (Å²) >= 11 is 0. The predicted molar refractivity (Wildman–Crippen MR) is 69.9 cm³/mol. The largest absolute Gasteiger partial charge is 0.507 e. The molecule has 108 valence electrons. The lowest BCUT2D eigenvalue weighted by Crippen LogP contribution is -2.59. The van der Waals surface area contributed by atoms with Crippen molar-refractivity contribution < 1.29 is 24.2 Å². The maximum atomic E-state index is 12.4. The third-order valence-electron chi connectivity index (χ3n) is 3.14. The summed E-state index contributed by atoms with van der Waals surface area (Å²) in [5, 5.41) is 8.75. The van der Waals surface area contributed by atoms with Gasteiger partial charge < -0.3 is 14.6 Å². The van der Waals surface area contributed by atoms with Gasteiger partial charge >= 0.3 is 6.16 Å². The summed E-state index contributed by atoms with van der Waals surface area (Å²) in [4.78, 5) is 24.5. The molecule has 1 aromatic carbocycles. The molecule has 1 amide bonds. The number of hydrogen-bond acceptors (Lipinski definition) is 4. The number of nitrogens with zero attached hydrogens (tertiary/aromatic N) is 1. The van der Waals surface area contributed by atoms with Gasteiger partial charge in [-0.1, -0.05) is 30.3 Å². The average molecular weight is 279 g/mol. The van der Waals surface area contributed by atoms with E-state index < -0.39 is 18.0 Å². The molecule has 6 nitrogen and oxygen atoms in total. The molecule has 1 heterocycles. The van der Waals surface area contributed by atoms with Crippen molar-refractivity contribution in [3.8, 4) is 0 Å². The molecule has 0 aromatic heterocycles. The second kappa shape index (κ2) is 5.50. The lowest BCUT2D eigenvalue weighted by atomic mass is 10.0. The second-order valence-electron chi connectivity index (χ2n) is 5.08. The molecule has 1 atom stereocenters. The van der Waals surface area contributed by atoms with Crippen LogP contribution in [0.2, 0.25) is 0 Å². The first-order chi connectivity index (χ1) is 9.40. The summed E-state index contributed by atoms with van der Waals surface area (Å²) in [6.07, 6.45) is -2.35. The molecular formula is C14H17NO5. The first kappa shape index (κ1) is 14.3. The second-order valence-corrected chi connectivity index (χ2v) is 5.08. The number of rotatable bonds is 3. The first-order valence-electron chi connectivity index (χ1n) is 6.28. The summed E-state index contributed by atoms with van der Waals surface area (Å²) in [5.41, 5.74) is -0.0785. The molecule has 2 rings (SSSR count). The van der Waals surface area contributed by atoms with Crippen molar-refractivity contribution in [2.24, 2.45) is 0 Å². The van der Waals surface area contributed by atoms with Crippen LogP contribution in [-0.2, 0) is 20.8 Å². The Labute approximate surface area is 116 Å². The lowest BCUT2D eigenvalue weighted by molar-refractivity contribution is -0.199. The van der Waals surface area contributed by atoms with Gasteiger partial charge in [0.25, 0.3) is 5.91 Å². The van der Waals surface area contributed by atoms with E-state index in [1.807, 2.05) is 30.3 Å². The molecule has 1 saturated heterocycles. The van der Waals surface area contributed by atoms with Gasteiger partial charge in [0.2, 0.25) is 6.23 Å². The van der Waals surface area contributed by atoms with Crippen LogP contribution in [0.4, 0.5) is 4.79 Å². The molecule has 1 aromatic rings. The number of morpholine rings is 1. The number of carboxylic acid groups (broad SMARTS) is 1. The van der Waals surface area contributed by atoms with Gasteiger partial charge in [0.15, 0.2) is 0 Å². The van der Waals surface area contributed by atoms with Crippen LogP contribution < -0.4 is 0 Å². The van der Waals surface area contributed by atoms with Crippen LogP contribution in [0.15, 0.2) is 30.3 Å². The van der Waals surface area contributed by atoms with Crippen LogP contribution in [0.25, 0.3) is 0 Å². The number of carbonyl (C=O) groups is 2. The van der Waals surface area contributed by atoms with Crippen molar-refractivity contribution >= 4 is 12.1 Å². The first-order valence-corrected chi connectivity index (χ1v) is 6.28. The molecule has 20 heavy (non-hydrogen) atoms. The van der Waals surface area contributed by atoms with E-state index in [0.717, 1.165) is 5.56 Å². The third kappa shape index (κ3) is 3.08. The van der Waals surface area contributed by atoms with Crippen LogP contribution in [0, 0.1) is 0 Å². The fourth-order valence-corrected chi connectivity index (χ4v) is 2.08. The van der Waals surface area contributed by atoms with E-state index in [1.54, 1.807) is 13.8 Å². The minimum atomic E-state index is -1.43. The van der Waals surface area contributed by atoms with Crippen molar-refractivity contribution in [1.29, 1.82) is 0 Å². The highest BCUT2D eigenvalue weighted by Gasteiger charge is 2.43. The molecular weight excluding hydrogens is 262 g/mol. The number of amides is 1. The van der Waals surface area contributed by atoms with E-state index in [0.29, 0.717) is 0 Å². The predicted octanol–water partition coefficient (Wildman–Crippen LogP) is 1.84. The normalized spacial score (nSPS) is 21.6. The summed E-state index contributed by atoms with van der Waals surface area (Å²) in [5.74, 6) is -0.293. The third-order valence-corrected chi connectivity index (χ3v) is 3.14. The number of benzene rings is 1. The Balaban J connectivity index is 2.21. The van der Waals surface area contributed by atoms with Crippen molar-refractivity contribution in [2.75, 3.05) is 6.61 Å². The minimum absolute atomic E-state index is 0.0257. The summed E-state index contributed by atoms with van der Waals surface area (Å²) in [6.45, 7) is 3.62. The molecule has 0 spiro atoms. The zero-order chi connectivity index (χ0) is 14.8. The Hall–Kier alpha value is -2.08. The van der Waals surface area contributed by atoms with E-state index >= 15 is 0 Å². The Morgan fingerprint density at radius 1 is 1.45 bits per heavy atom. The molecule has 1 unspecified atom stereocenters. The molecule has 1 N–H and O–H groups in total. The minimum Gasteiger partial charge on any atom is -0.450 e. The van der Waals surface area contributed by atoms with Gasteiger partial charge in [-0.3, -0.25) is 9.69 Å². The van der Waals surface area contributed by atoms with E-state index in [9.17, 15) is 9.59 Å². The Bertz CT molecular complexity index is 500. The van der Waals surface area contributed by atoms with Crippen LogP contribution in [-0.4, -0.2) is 40.5 Å². The zero-order valence-electron chi connectivity index (χ0n) is 11.4. The fraction of sp³-hybridized carbons (Fsp3) is 0.429. The van der Waals surface area contributed by atoms with Gasteiger partial charge in [-0.15, -0.1) is 0 Å². The van der Waals surface area contributed by atoms with Crippen LogP contribution in [0.5, 0.6) is 0 Å². The van der Waals surface area contributed by atoms with Crippen molar-refractivity contribution in [1.82, 2.24) is 4.90 Å². The van der Waals surface area contributed by atoms with Gasteiger partial charge in [-0.25, -0.2) is 4.79 Å². The van der Waals surface area contributed by atoms with E-state index in [-0.39, 0.29) is 19.1 Å². The maximum absolute atomic E-state index is 12.4. The van der Waals surface area contributed by atoms with Gasteiger partial charge in [0.1, 0.15) is 12.2 Å². The molecule has 1 aliphatic rings. The Kier molecular flexibility index (Phi) is 3.94. The van der Waals surface area contributed by atoms with Gasteiger partial charge in [0, 0.05) is 6.54 Å². The highest BCUT2D eigenvalue weighted by Crippen LogP contribution is 2.25. The Morgan fingerprint density at radius 3 is 2.70 bits per heavy atom. The van der Waals surface area contributed by atoms with Gasteiger partial charge in [-0.2, -0.15) is 0 Å². The van der Waals surface area contributed by atoms with Crippen molar-refractivity contribution in [3.05, 3.63) is 35.9 Å². The van der Waals surface area contributed by atoms with Crippen LogP contribution >= 0.6 is 0 Å². The smallest absolute Gasteiger partial charge is 0.450 e. The molecule has 0 saturated carbocycles. The highest BCUT2D eigenvalue weighted by atomic mass is 16.7. The maximum Gasteiger partial charge on any atom is 0.507 e. The summed E-state index contributed by atoms with van der Waals surface area (Å²) in [6, 6.07) is 9.33. The van der Waals surface area contributed by atoms with E-state index in [2.05, 4.69) is 0 Å². The monoisotopic (exact) mass is 279 g/mol. The molecule has 1 aliphatic heterocycles. The van der Waals surface area contributed by atoms with Gasteiger partial charge in [-0.05, 0) is 19.4 Å².